The molecule has 0 aliphatic rings. The van der Waals surface area contributed by atoms with E-state index in [0.717, 1.165) is 25.8 Å². The molecule has 0 saturated carbocycles. The molecule has 0 aromatic heterocycles. The van der Waals surface area contributed by atoms with Crippen molar-refractivity contribution in [2.45, 2.75) is 58.9 Å². The third-order valence-corrected chi connectivity index (χ3v) is 2.67. The van der Waals surface area contributed by atoms with Crippen LogP contribution in [0.5, 0.6) is 0 Å². The maximum absolute atomic E-state index is 10.9. The number of carbonyl (C=O) groups is 1. The van der Waals surface area contributed by atoms with E-state index in [2.05, 4.69) is 26.1 Å². The summed E-state index contributed by atoms with van der Waals surface area (Å²) in [5.74, 6) is 0.748. The molecule has 1 unspecified atom stereocenters. The van der Waals surface area contributed by atoms with Crippen molar-refractivity contribution < 1.29 is 4.79 Å². The fourth-order valence-corrected chi connectivity index (χ4v) is 1.86. The monoisotopic (exact) mass is 214 g/mol. The highest BCUT2D eigenvalue weighted by Crippen LogP contribution is 2.17. The summed E-state index contributed by atoms with van der Waals surface area (Å²) in [6, 6.07) is 0. The first-order chi connectivity index (χ1) is 6.87. The predicted octanol–water partition coefficient (Wildman–Crippen LogP) is 2.06. The second-order valence-corrected chi connectivity index (χ2v) is 5.14. The first-order valence-corrected chi connectivity index (χ1v) is 5.86. The van der Waals surface area contributed by atoms with Gasteiger partial charge in [-0.15, -0.1) is 0 Å². The molecular formula is C12H26N2O. The van der Waals surface area contributed by atoms with Crippen LogP contribution in [-0.2, 0) is 4.79 Å². The minimum atomic E-state index is -0.0751. The molecule has 0 radical (unpaired) electrons. The maximum atomic E-state index is 10.9. The summed E-state index contributed by atoms with van der Waals surface area (Å²) in [6.07, 6.45) is 4.47. The zero-order valence-electron chi connectivity index (χ0n) is 10.6. The van der Waals surface area contributed by atoms with Crippen molar-refractivity contribution >= 4 is 5.91 Å². The molecule has 0 bridgehead atoms. The first kappa shape index (κ1) is 14.4. The van der Waals surface area contributed by atoms with Gasteiger partial charge in [0.25, 0.3) is 0 Å². The van der Waals surface area contributed by atoms with Crippen molar-refractivity contribution in [3.63, 3.8) is 0 Å². The average molecular weight is 214 g/mol. The summed E-state index contributed by atoms with van der Waals surface area (Å²) >= 11 is 0. The summed E-state index contributed by atoms with van der Waals surface area (Å²) in [5, 5.41) is 2.96. The van der Waals surface area contributed by atoms with E-state index in [1.807, 2.05) is 0 Å². The van der Waals surface area contributed by atoms with Crippen molar-refractivity contribution in [1.82, 2.24) is 5.32 Å². The van der Waals surface area contributed by atoms with Crippen LogP contribution in [0.4, 0.5) is 0 Å². The molecule has 3 N–H and O–H groups in total. The number of hydrogen-bond donors (Lipinski definition) is 2. The Hall–Kier alpha value is -0.570. The van der Waals surface area contributed by atoms with Crippen LogP contribution in [0.2, 0.25) is 0 Å². The molecule has 0 aromatic carbocycles. The van der Waals surface area contributed by atoms with E-state index in [4.69, 9.17) is 5.73 Å². The normalized spacial score (nSPS) is 13.7. The van der Waals surface area contributed by atoms with Crippen LogP contribution in [0.1, 0.15) is 53.4 Å². The predicted molar refractivity (Wildman–Crippen MR) is 64.6 cm³/mol. The molecule has 0 aliphatic heterocycles. The lowest BCUT2D eigenvalue weighted by Crippen LogP contribution is -2.42. The number of rotatable bonds is 7. The quantitative estimate of drug-likeness (QED) is 0.681. The molecule has 0 rings (SSSR count). The zero-order chi connectivity index (χ0) is 11.9. The Morgan fingerprint density at radius 1 is 1.40 bits per heavy atom. The van der Waals surface area contributed by atoms with E-state index < -0.39 is 0 Å². The summed E-state index contributed by atoms with van der Waals surface area (Å²) in [6.45, 7) is 8.72. The molecule has 3 nitrogen and oxygen atoms in total. The van der Waals surface area contributed by atoms with Gasteiger partial charge in [0.2, 0.25) is 5.91 Å². The van der Waals surface area contributed by atoms with E-state index in [1.54, 1.807) is 6.92 Å². The Balaban J connectivity index is 3.69. The Morgan fingerprint density at radius 3 is 2.47 bits per heavy atom. The van der Waals surface area contributed by atoms with Crippen LogP contribution in [0.3, 0.4) is 0 Å². The first-order valence-electron chi connectivity index (χ1n) is 5.86. The van der Waals surface area contributed by atoms with Gasteiger partial charge in [-0.1, -0.05) is 19.8 Å². The van der Waals surface area contributed by atoms with Crippen molar-refractivity contribution in [3.8, 4) is 0 Å². The molecule has 0 aliphatic carbocycles. The smallest absolute Gasteiger partial charge is 0.217 e. The molecule has 0 saturated heterocycles. The minimum absolute atomic E-state index is 0.0509. The molecule has 90 valence electrons. The van der Waals surface area contributed by atoms with E-state index in [0.29, 0.717) is 5.92 Å². The molecule has 0 heterocycles. The Morgan fingerprint density at radius 2 is 2.00 bits per heavy atom. The standard InChI is InChI=1S/C12H26N2O/c1-10(7-9-13)6-5-8-12(3,4)14-11(2)15/h10H,5-9,13H2,1-4H3,(H,14,15). The second kappa shape index (κ2) is 6.83. The number of amides is 1. The highest BCUT2D eigenvalue weighted by Gasteiger charge is 2.18. The number of hydrogen-bond acceptors (Lipinski definition) is 2. The van der Waals surface area contributed by atoms with Crippen LogP contribution in [0.25, 0.3) is 0 Å². The van der Waals surface area contributed by atoms with E-state index in [1.165, 1.54) is 6.42 Å². The topological polar surface area (TPSA) is 55.1 Å². The number of nitrogens with one attached hydrogen (secondary N) is 1. The Bertz CT molecular complexity index is 190. The SMILES string of the molecule is CC(=O)NC(C)(C)CCCC(C)CCN. The van der Waals surface area contributed by atoms with Gasteiger partial charge in [-0.05, 0) is 39.2 Å². The van der Waals surface area contributed by atoms with Crippen molar-refractivity contribution in [1.29, 1.82) is 0 Å². The molecule has 3 heteroatoms. The largest absolute Gasteiger partial charge is 0.351 e. The van der Waals surface area contributed by atoms with Crippen molar-refractivity contribution in [3.05, 3.63) is 0 Å². The van der Waals surface area contributed by atoms with Crippen LogP contribution >= 0.6 is 0 Å². The fraction of sp³-hybridized carbons (Fsp3) is 0.917. The molecule has 15 heavy (non-hydrogen) atoms. The number of carbonyl (C=O) groups excluding carboxylic acids is 1. The molecular weight excluding hydrogens is 188 g/mol. The Kier molecular flexibility index (Phi) is 6.57. The third kappa shape index (κ3) is 8.43. The van der Waals surface area contributed by atoms with Gasteiger partial charge in [0, 0.05) is 12.5 Å². The summed E-state index contributed by atoms with van der Waals surface area (Å²) in [4.78, 5) is 10.9. The minimum Gasteiger partial charge on any atom is -0.351 e. The van der Waals surface area contributed by atoms with Gasteiger partial charge in [0.15, 0.2) is 0 Å². The second-order valence-electron chi connectivity index (χ2n) is 5.14. The van der Waals surface area contributed by atoms with Crippen LogP contribution in [0.15, 0.2) is 0 Å². The van der Waals surface area contributed by atoms with Crippen molar-refractivity contribution in [2.24, 2.45) is 11.7 Å². The van der Waals surface area contributed by atoms with Gasteiger partial charge in [0.1, 0.15) is 0 Å². The van der Waals surface area contributed by atoms with Gasteiger partial charge in [-0.25, -0.2) is 0 Å². The van der Waals surface area contributed by atoms with E-state index >= 15 is 0 Å². The summed E-state index contributed by atoms with van der Waals surface area (Å²) in [5.41, 5.74) is 5.42. The van der Waals surface area contributed by atoms with Crippen LogP contribution in [-0.4, -0.2) is 18.0 Å². The lowest BCUT2D eigenvalue weighted by molar-refractivity contribution is -0.120. The van der Waals surface area contributed by atoms with Gasteiger partial charge in [-0.3, -0.25) is 4.79 Å². The Labute approximate surface area is 93.8 Å². The summed E-state index contributed by atoms with van der Waals surface area (Å²) in [7, 11) is 0. The van der Waals surface area contributed by atoms with Crippen molar-refractivity contribution in [2.75, 3.05) is 6.54 Å². The van der Waals surface area contributed by atoms with E-state index in [9.17, 15) is 4.79 Å². The van der Waals surface area contributed by atoms with Crippen LogP contribution < -0.4 is 11.1 Å². The number of nitrogens with two attached hydrogens (primary N) is 1. The maximum Gasteiger partial charge on any atom is 0.217 e. The third-order valence-electron chi connectivity index (χ3n) is 2.67. The zero-order valence-corrected chi connectivity index (χ0v) is 10.6. The summed E-state index contributed by atoms with van der Waals surface area (Å²) < 4.78 is 0. The fourth-order valence-electron chi connectivity index (χ4n) is 1.86. The molecule has 0 fully saturated rings. The average Bonchev–Trinajstić information content (AvgIpc) is 2.01. The van der Waals surface area contributed by atoms with Gasteiger partial charge in [-0.2, -0.15) is 0 Å². The highest BCUT2D eigenvalue weighted by atomic mass is 16.1. The van der Waals surface area contributed by atoms with Gasteiger partial charge in [0.05, 0.1) is 0 Å². The molecule has 0 spiro atoms. The van der Waals surface area contributed by atoms with Crippen LogP contribution in [0, 0.1) is 5.92 Å². The molecule has 1 atom stereocenters. The lowest BCUT2D eigenvalue weighted by Gasteiger charge is -2.26. The highest BCUT2D eigenvalue weighted by molar-refractivity contribution is 5.73. The van der Waals surface area contributed by atoms with Gasteiger partial charge >= 0.3 is 0 Å². The molecule has 1 amide bonds. The van der Waals surface area contributed by atoms with E-state index in [-0.39, 0.29) is 11.4 Å². The lowest BCUT2D eigenvalue weighted by atomic mass is 9.93. The van der Waals surface area contributed by atoms with Gasteiger partial charge < -0.3 is 11.1 Å². The molecule has 0 aromatic rings.